The minimum absolute atomic E-state index is 0.239. The van der Waals surface area contributed by atoms with Gasteiger partial charge < -0.3 is 24.3 Å². The molecule has 3 rings (SSSR count). The van der Waals surface area contributed by atoms with Gasteiger partial charge in [-0.1, -0.05) is 0 Å². The van der Waals surface area contributed by atoms with E-state index in [1.165, 1.54) is 17.6 Å². The Morgan fingerprint density at radius 2 is 1.63 bits per heavy atom. The topological polar surface area (TPSA) is 125 Å². The van der Waals surface area contributed by atoms with Crippen molar-refractivity contribution < 1.29 is 33.3 Å². The molecule has 3 aromatic rings. The second-order valence-corrected chi connectivity index (χ2v) is 9.98. The predicted molar refractivity (Wildman–Crippen MR) is 159 cm³/mol. The Balaban J connectivity index is 1.58. The number of hydrogen-bond donors (Lipinski definition) is 2. The first-order chi connectivity index (χ1) is 19.7. The van der Waals surface area contributed by atoms with E-state index < -0.39 is 18.0 Å². The monoisotopic (exact) mass is 581 g/mol. The summed E-state index contributed by atoms with van der Waals surface area (Å²) in [7, 11) is 0. The lowest BCUT2D eigenvalue weighted by atomic mass is 10.1. The molecule has 2 aromatic carbocycles. The van der Waals surface area contributed by atoms with Gasteiger partial charge in [-0.25, -0.2) is 10.2 Å². The number of carbonyl (C=O) groups is 3. The van der Waals surface area contributed by atoms with Crippen LogP contribution >= 0.6 is 11.3 Å². The van der Waals surface area contributed by atoms with Gasteiger partial charge >= 0.3 is 5.97 Å². The second-order valence-electron chi connectivity index (χ2n) is 8.75. The fourth-order valence-corrected chi connectivity index (χ4v) is 4.73. The number of hydrogen-bond acceptors (Lipinski definition) is 9. The molecule has 1 atom stereocenters. The molecular formula is C30H35N3O7S. The number of hydrazone groups is 1. The van der Waals surface area contributed by atoms with E-state index in [-0.39, 0.29) is 12.5 Å². The maximum absolute atomic E-state index is 12.9. The van der Waals surface area contributed by atoms with Crippen molar-refractivity contribution in [3.63, 3.8) is 0 Å². The van der Waals surface area contributed by atoms with Gasteiger partial charge in [0.25, 0.3) is 11.8 Å². The van der Waals surface area contributed by atoms with Crippen LogP contribution in [0.3, 0.4) is 0 Å². The molecule has 0 saturated heterocycles. The van der Waals surface area contributed by atoms with E-state index in [4.69, 9.17) is 18.9 Å². The average molecular weight is 582 g/mol. The fraction of sp³-hybridized carbons (Fsp3) is 0.333. The summed E-state index contributed by atoms with van der Waals surface area (Å²) < 4.78 is 22.0. The largest absolute Gasteiger partial charge is 0.490 e. The molecule has 1 aromatic heterocycles. The van der Waals surface area contributed by atoms with Crippen LogP contribution in [0.1, 0.15) is 64.4 Å². The summed E-state index contributed by atoms with van der Waals surface area (Å²) in [5.74, 6) is 0.327. The van der Waals surface area contributed by atoms with Gasteiger partial charge in [0, 0.05) is 10.4 Å². The molecule has 0 saturated carbocycles. The maximum atomic E-state index is 12.9. The molecule has 0 bridgehead atoms. The Bertz CT molecular complexity index is 1400. The zero-order valence-electron chi connectivity index (χ0n) is 24.0. The summed E-state index contributed by atoms with van der Waals surface area (Å²) in [6, 6.07) is 11.7. The number of amides is 2. The van der Waals surface area contributed by atoms with E-state index in [1.54, 1.807) is 56.3 Å². The summed E-state index contributed by atoms with van der Waals surface area (Å²) in [6.45, 7) is 12.0. The van der Waals surface area contributed by atoms with Crippen molar-refractivity contribution in [1.29, 1.82) is 0 Å². The summed E-state index contributed by atoms with van der Waals surface area (Å²) in [5.41, 5.74) is 4.69. The van der Waals surface area contributed by atoms with Gasteiger partial charge in [0.1, 0.15) is 10.8 Å². The first kappa shape index (κ1) is 31.2. The van der Waals surface area contributed by atoms with Crippen LogP contribution in [0, 0.1) is 13.8 Å². The highest BCUT2D eigenvalue weighted by Gasteiger charge is 2.22. The quantitative estimate of drug-likeness (QED) is 0.155. The number of carbonyl (C=O) groups excluding carboxylic acids is 3. The smallest absolute Gasteiger partial charge is 0.341 e. The van der Waals surface area contributed by atoms with E-state index in [1.807, 2.05) is 27.7 Å². The maximum Gasteiger partial charge on any atom is 0.341 e. The number of thiophene rings is 1. The molecule has 1 unspecified atom stereocenters. The van der Waals surface area contributed by atoms with Gasteiger partial charge in [-0.3, -0.25) is 9.59 Å². The number of nitrogens with one attached hydrogen (secondary N) is 2. The predicted octanol–water partition coefficient (Wildman–Crippen LogP) is 5.51. The molecule has 218 valence electrons. The molecule has 0 spiro atoms. The number of rotatable bonds is 13. The molecule has 0 aliphatic carbocycles. The highest BCUT2D eigenvalue weighted by atomic mass is 32.1. The molecule has 2 N–H and O–H groups in total. The third-order valence-corrected chi connectivity index (χ3v) is 6.97. The van der Waals surface area contributed by atoms with Crippen molar-refractivity contribution in [2.45, 2.75) is 47.6 Å². The minimum atomic E-state index is -0.852. The third-order valence-electron chi connectivity index (χ3n) is 5.85. The molecular weight excluding hydrogens is 546 g/mol. The Morgan fingerprint density at radius 1 is 0.951 bits per heavy atom. The Labute approximate surface area is 243 Å². The van der Waals surface area contributed by atoms with E-state index in [2.05, 4.69) is 15.8 Å². The SMILES string of the molecule is CCOC(=O)c1c(NC(=O)c2ccc(OC(C)C(=O)NN=Cc3ccc(OCC)c(OCC)c3)cc2)sc(C)c1C. The Morgan fingerprint density at radius 3 is 2.29 bits per heavy atom. The fourth-order valence-electron chi connectivity index (χ4n) is 3.69. The first-order valence-electron chi connectivity index (χ1n) is 13.3. The molecule has 1 heterocycles. The van der Waals surface area contributed by atoms with Gasteiger partial charge in [0.05, 0.1) is 31.6 Å². The van der Waals surface area contributed by atoms with Crippen LogP contribution < -0.4 is 25.0 Å². The van der Waals surface area contributed by atoms with E-state index in [9.17, 15) is 14.4 Å². The van der Waals surface area contributed by atoms with Crippen LogP contribution in [-0.2, 0) is 9.53 Å². The first-order valence-corrected chi connectivity index (χ1v) is 14.1. The number of aryl methyl sites for hydroxylation is 1. The molecule has 11 heteroatoms. The normalized spacial score (nSPS) is 11.6. The van der Waals surface area contributed by atoms with Crippen molar-refractivity contribution in [2.24, 2.45) is 5.10 Å². The third kappa shape index (κ3) is 8.31. The summed E-state index contributed by atoms with van der Waals surface area (Å²) in [6.07, 6.45) is 0.649. The van der Waals surface area contributed by atoms with Gasteiger partial charge in [-0.05, 0) is 95.1 Å². The zero-order valence-corrected chi connectivity index (χ0v) is 24.8. The lowest BCUT2D eigenvalue weighted by molar-refractivity contribution is -0.127. The molecule has 41 heavy (non-hydrogen) atoms. The van der Waals surface area contributed by atoms with Crippen LogP contribution in [-0.4, -0.2) is 49.9 Å². The molecule has 0 aliphatic heterocycles. The summed E-state index contributed by atoms with van der Waals surface area (Å²) >= 11 is 1.32. The van der Waals surface area contributed by atoms with E-state index >= 15 is 0 Å². The summed E-state index contributed by atoms with van der Waals surface area (Å²) in [5, 5.41) is 7.26. The van der Waals surface area contributed by atoms with Crippen LogP contribution in [0.15, 0.2) is 47.6 Å². The minimum Gasteiger partial charge on any atom is -0.490 e. The number of benzene rings is 2. The number of anilines is 1. The van der Waals surface area contributed by atoms with Crippen molar-refractivity contribution in [3.05, 3.63) is 69.6 Å². The molecule has 10 nitrogen and oxygen atoms in total. The summed E-state index contributed by atoms with van der Waals surface area (Å²) in [4.78, 5) is 38.7. The second kappa shape index (κ2) is 14.8. The van der Waals surface area contributed by atoms with Crippen LogP contribution in [0.2, 0.25) is 0 Å². The van der Waals surface area contributed by atoms with Crippen molar-refractivity contribution in [2.75, 3.05) is 25.1 Å². The number of esters is 1. The van der Waals surface area contributed by atoms with Crippen molar-refractivity contribution in [3.8, 4) is 17.2 Å². The van der Waals surface area contributed by atoms with Crippen LogP contribution in [0.5, 0.6) is 17.2 Å². The van der Waals surface area contributed by atoms with Crippen LogP contribution in [0.4, 0.5) is 5.00 Å². The number of ether oxygens (including phenoxy) is 4. The van der Waals surface area contributed by atoms with Gasteiger partial charge in [-0.2, -0.15) is 5.10 Å². The van der Waals surface area contributed by atoms with Gasteiger partial charge in [-0.15, -0.1) is 11.3 Å². The average Bonchev–Trinajstić information content (AvgIpc) is 3.22. The van der Waals surface area contributed by atoms with E-state index in [0.717, 1.165) is 16.0 Å². The standard InChI is InChI=1S/C30H35N3O7S/c1-7-37-24-15-10-21(16-25(24)38-8-2)17-31-33-27(34)19(5)40-23-13-11-22(12-14-23)28(35)32-29-26(30(36)39-9-3)18(4)20(6)41-29/h10-17,19H,7-9H2,1-6H3,(H,32,35)(H,33,34). The van der Waals surface area contributed by atoms with E-state index in [0.29, 0.717) is 46.6 Å². The molecule has 0 fully saturated rings. The van der Waals surface area contributed by atoms with Crippen molar-refractivity contribution in [1.82, 2.24) is 5.43 Å². The van der Waals surface area contributed by atoms with Crippen molar-refractivity contribution >= 4 is 40.3 Å². The molecule has 0 radical (unpaired) electrons. The lowest BCUT2D eigenvalue weighted by Crippen LogP contribution is -2.33. The zero-order chi connectivity index (χ0) is 29.9. The van der Waals surface area contributed by atoms with Gasteiger partial charge in [0.15, 0.2) is 17.6 Å². The number of nitrogens with zero attached hydrogens (tertiary/aromatic N) is 1. The highest BCUT2D eigenvalue weighted by molar-refractivity contribution is 7.16. The Kier molecular flexibility index (Phi) is 11.3. The molecule has 2 amide bonds. The molecule has 0 aliphatic rings. The van der Waals surface area contributed by atoms with Gasteiger partial charge in [0.2, 0.25) is 0 Å². The lowest BCUT2D eigenvalue weighted by Gasteiger charge is -2.13. The highest BCUT2D eigenvalue weighted by Crippen LogP contribution is 2.33. The van der Waals surface area contributed by atoms with Crippen LogP contribution in [0.25, 0.3) is 0 Å². The Hall–Kier alpha value is -4.38.